The molecule has 20 heavy (non-hydrogen) atoms. The molecular formula is C18H20O2. The summed E-state index contributed by atoms with van der Waals surface area (Å²) in [4.78, 5) is 11.3. The van der Waals surface area contributed by atoms with Gasteiger partial charge in [0.25, 0.3) is 0 Å². The largest absolute Gasteiger partial charge is 0.481 e. The first-order valence-corrected chi connectivity index (χ1v) is 6.97. The van der Waals surface area contributed by atoms with Crippen LogP contribution in [0.5, 0.6) is 0 Å². The van der Waals surface area contributed by atoms with Crippen LogP contribution < -0.4 is 0 Å². The van der Waals surface area contributed by atoms with Gasteiger partial charge in [0.2, 0.25) is 0 Å². The summed E-state index contributed by atoms with van der Waals surface area (Å²) in [5, 5.41) is 9.31. The number of hydrogen-bond acceptors (Lipinski definition) is 1. The van der Waals surface area contributed by atoms with Gasteiger partial charge in [0.1, 0.15) is 0 Å². The number of carboxylic acid groups (broad SMARTS) is 1. The molecule has 0 amide bonds. The Bertz CT molecular complexity index is 492. The second kappa shape index (κ2) is 6.90. The smallest absolute Gasteiger partial charge is 0.306 e. The van der Waals surface area contributed by atoms with Crippen LogP contribution in [0.2, 0.25) is 0 Å². The van der Waals surface area contributed by atoms with Gasteiger partial charge in [0, 0.05) is 0 Å². The predicted octanol–water partition coefficient (Wildman–Crippen LogP) is 3.81. The van der Waals surface area contributed by atoms with E-state index < -0.39 is 5.97 Å². The topological polar surface area (TPSA) is 37.3 Å². The summed E-state index contributed by atoms with van der Waals surface area (Å²) in [6.07, 6.45) is 1.59. The molecule has 2 aromatic rings. The molecule has 104 valence electrons. The first-order chi connectivity index (χ1) is 9.66. The van der Waals surface area contributed by atoms with Crippen LogP contribution in [0, 0.1) is 11.8 Å². The van der Waals surface area contributed by atoms with Crippen molar-refractivity contribution < 1.29 is 9.90 Å². The maximum Gasteiger partial charge on any atom is 0.306 e. The van der Waals surface area contributed by atoms with Gasteiger partial charge in [-0.3, -0.25) is 4.79 Å². The minimum Gasteiger partial charge on any atom is -0.481 e. The van der Waals surface area contributed by atoms with Gasteiger partial charge in [0.05, 0.1) is 5.92 Å². The zero-order valence-electron chi connectivity index (χ0n) is 11.7. The Morgan fingerprint density at radius 2 is 1.30 bits per heavy atom. The Labute approximate surface area is 120 Å². The molecule has 0 aliphatic rings. The monoisotopic (exact) mass is 268 g/mol. The van der Waals surface area contributed by atoms with Crippen LogP contribution in [-0.4, -0.2) is 11.1 Å². The third kappa shape index (κ3) is 3.95. The zero-order chi connectivity index (χ0) is 14.4. The molecule has 0 saturated carbocycles. The minimum atomic E-state index is -0.720. The van der Waals surface area contributed by atoms with Crippen LogP contribution in [0.1, 0.15) is 18.1 Å². The Hall–Kier alpha value is -2.09. The maximum atomic E-state index is 11.3. The second-order valence-corrected chi connectivity index (χ2v) is 5.27. The second-order valence-electron chi connectivity index (χ2n) is 5.27. The third-order valence-corrected chi connectivity index (χ3v) is 3.78. The van der Waals surface area contributed by atoms with Gasteiger partial charge in [-0.05, 0) is 29.9 Å². The quantitative estimate of drug-likeness (QED) is 0.865. The Morgan fingerprint density at radius 3 is 1.65 bits per heavy atom. The fourth-order valence-corrected chi connectivity index (χ4v) is 2.46. The molecule has 0 saturated heterocycles. The van der Waals surface area contributed by atoms with Crippen LogP contribution >= 0.6 is 0 Å². The van der Waals surface area contributed by atoms with Crippen molar-refractivity contribution in [3.8, 4) is 0 Å². The molecule has 0 spiro atoms. The molecule has 2 nitrogen and oxygen atoms in total. The van der Waals surface area contributed by atoms with Crippen molar-refractivity contribution in [3.63, 3.8) is 0 Å². The summed E-state index contributed by atoms with van der Waals surface area (Å²) < 4.78 is 0. The van der Waals surface area contributed by atoms with E-state index in [9.17, 15) is 9.90 Å². The third-order valence-electron chi connectivity index (χ3n) is 3.78. The highest BCUT2D eigenvalue weighted by Gasteiger charge is 2.24. The molecule has 0 heterocycles. The van der Waals surface area contributed by atoms with E-state index >= 15 is 0 Å². The van der Waals surface area contributed by atoms with Crippen molar-refractivity contribution >= 4 is 5.97 Å². The predicted molar refractivity (Wildman–Crippen MR) is 80.6 cm³/mol. The SMILES string of the molecule is CC(C(=O)O)C(Cc1ccccc1)Cc1ccccc1. The summed E-state index contributed by atoms with van der Waals surface area (Å²) in [5.41, 5.74) is 2.39. The molecular weight excluding hydrogens is 248 g/mol. The number of aliphatic carboxylic acids is 1. The van der Waals surface area contributed by atoms with Crippen LogP contribution in [0.3, 0.4) is 0 Å². The molecule has 2 rings (SSSR count). The molecule has 0 aliphatic heterocycles. The Kier molecular flexibility index (Phi) is 4.94. The lowest BCUT2D eigenvalue weighted by molar-refractivity contribution is -0.142. The molecule has 0 bridgehead atoms. The summed E-state index contributed by atoms with van der Waals surface area (Å²) in [5.74, 6) is -0.963. The van der Waals surface area contributed by atoms with Gasteiger partial charge in [-0.15, -0.1) is 0 Å². The van der Waals surface area contributed by atoms with E-state index in [1.807, 2.05) is 36.4 Å². The van der Waals surface area contributed by atoms with E-state index in [2.05, 4.69) is 24.3 Å². The van der Waals surface area contributed by atoms with E-state index in [0.29, 0.717) is 0 Å². The van der Waals surface area contributed by atoms with Crippen molar-refractivity contribution in [3.05, 3.63) is 71.8 Å². The standard InChI is InChI=1S/C18H20O2/c1-14(18(19)20)17(12-15-8-4-2-5-9-15)13-16-10-6-3-7-11-16/h2-11,14,17H,12-13H2,1H3,(H,19,20). The Morgan fingerprint density at radius 1 is 0.900 bits per heavy atom. The lowest BCUT2D eigenvalue weighted by Crippen LogP contribution is -2.24. The van der Waals surface area contributed by atoms with Crippen LogP contribution in [0.15, 0.2) is 60.7 Å². The molecule has 0 aromatic heterocycles. The first-order valence-electron chi connectivity index (χ1n) is 6.97. The molecule has 1 N–H and O–H groups in total. The van der Waals surface area contributed by atoms with Crippen LogP contribution in [-0.2, 0) is 17.6 Å². The van der Waals surface area contributed by atoms with E-state index in [0.717, 1.165) is 12.8 Å². The minimum absolute atomic E-state index is 0.109. The lowest BCUT2D eigenvalue weighted by atomic mass is 9.83. The van der Waals surface area contributed by atoms with Crippen molar-refractivity contribution in [1.82, 2.24) is 0 Å². The lowest BCUT2D eigenvalue weighted by Gasteiger charge is -2.21. The maximum absolute atomic E-state index is 11.3. The van der Waals surface area contributed by atoms with E-state index in [1.165, 1.54) is 11.1 Å². The summed E-state index contributed by atoms with van der Waals surface area (Å²) >= 11 is 0. The average Bonchev–Trinajstić information content (AvgIpc) is 2.48. The number of benzene rings is 2. The number of hydrogen-bond donors (Lipinski definition) is 1. The van der Waals surface area contributed by atoms with Gasteiger partial charge in [-0.25, -0.2) is 0 Å². The van der Waals surface area contributed by atoms with Crippen molar-refractivity contribution in [1.29, 1.82) is 0 Å². The fraction of sp³-hybridized carbons (Fsp3) is 0.278. The number of rotatable bonds is 6. The van der Waals surface area contributed by atoms with Gasteiger partial charge in [-0.1, -0.05) is 67.6 Å². The molecule has 1 atom stereocenters. The number of carbonyl (C=O) groups is 1. The van der Waals surface area contributed by atoms with E-state index in [1.54, 1.807) is 6.92 Å². The molecule has 1 unspecified atom stereocenters. The van der Waals surface area contributed by atoms with Crippen LogP contribution in [0.4, 0.5) is 0 Å². The first kappa shape index (κ1) is 14.3. The molecule has 0 fully saturated rings. The zero-order valence-corrected chi connectivity index (χ0v) is 11.7. The summed E-state index contributed by atoms with van der Waals surface area (Å²) in [6, 6.07) is 20.2. The van der Waals surface area contributed by atoms with Gasteiger partial charge in [-0.2, -0.15) is 0 Å². The van der Waals surface area contributed by atoms with Gasteiger partial charge in [0.15, 0.2) is 0 Å². The molecule has 2 heteroatoms. The average molecular weight is 268 g/mol. The normalized spacial score (nSPS) is 12.3. The van der Waals surface area contributed by atoms with E-state index in [4.69, 9.17) is 0 Å². The highest BCUT2D eigenvalue weighted by molar-refractivity contribution is 5.70. The fourth-order valence-electron chi connectivity index (χ4n) is 2.46. The van der Waals surface area contributed by atoms with Gasteiger partial charge >= 0.3 is 5.97 Å². The number of carboxylic acids is 1. The molecule has 0 aliphatic carbocycles. The van der Waals surface area contributed by atoms with Crippen molar-refractivity contribution in [2.24, 2.45) is 11.8 Å². The summed E-state index contributed by atoms with van der Waals surface area (Å²) in [7, 11) is 0. The van der Waals surface area contributed by atoms with E-state index in [-0.39, 0.29) is 11.8 Å². The van der Waals surface area contributed by atoms with Crippen molar-refractivity contribution in [2.45, 2.75) is 19.8 Å². The van der Waals surface area contributed by atoms with Crippen molar-refractivity contribution in [2.75, 3.05) is 0 Å². The van der Waals surface area contributed by atoms with Gasteiger partial charge < -0.3 is 5.11 Å². The molecule has 2 aromatic carbocycles. The highest BCUT2D eigenvalue weighted by atomic mass is 16.4. The highest BCUT2D eigenvalue weighted by Crippen LogP contribution is 2.22. The Balaban J connectivity index is 2.14. The molecule has 0 radical (unpaired) electrons. The van der Waals surface area contributed by atoms with Crippen LogP contribution in [0.25, 0.3) is 0 Å². The summed E-state index contributed by atoms with van der Waals surface area (Å²) in [6.45, 7) is 1.80.